The second-order valence-corrected chi connectivity index (χ2v) is 5.89. The fourth-order valence-corrected chi connectivity index (χ4v) is 2.68. The van der Waals surface area contributed by atoms with Gasteiger partial charge in [-0.15, -0.1) is 0 Å². The molecule has 25 heavy (non-hydrogen) atoms. The zero-order valence-electron chi connectivity index (χ0n) is 13.7. The Kier molecular flexibility index (Phi) is 3.78. The molecule has 4 nitrogen and oxygen atoms in total. The summed E-state index contributed by atoms with van der Waals surface area (Å²) in [6, 6.07) is 22.5. The Bertz CT molecular complexity index is 1050. The van der Waals surface area contributed by atoms with E-state index >= 15 is 0 Å². The molecule has 0 fully saturated rings. The van der Waals surface area contributed by atoms with Crippen LogP contribution in [-0.4, -0.2) is 10.9 Å². The average Bonchev–Trinajstić information content (AvgIpc) is 3.06. The number of amides is 1. The highest BCUT2D eigenvalue weighted by Crippen LogP contribution is 2.26. The Morgan fingerprint density at radius 3 is 2.64 bits per heavy atom. The number of aryl methyl sites for hydroxylation is 1. The van der Waals surface area contributed by atoms with Crippen LogP contribution in [0.1, 0.15) is 15.9 Å². The molecule has 0 saturated carbocycles. The third-order valence-corrected chi connectivity index (χ3v) is 3.95. The van der Waals surface area contributed by atoms with Crippen LogP contribution in [0, 0.1) is 6.92 Å². The van der Waals surface area contributed by atoms with E-state index in [-0.39, 0.29) is 5.91 Å². The molecule has 0 unspecified atom stereocenters. The number of carbonyl (C=O) groups excluding carboxylic acids is 1. The fourth-order valence-electron chi connectivity index (χ4n) is 2.68. The number of nitrogens with zero attached hydrogens (tertiary/aromatic N) is 1. The van der Waals surface area contributed by atoms with Gasteiger partial charge in [-0.1, -0.05) is 30.3 Å². The summed E-state index contributed by atoms with van der Waals surface area (Å²) in [6.07, 6.45) is 0. The van der Waals surface area contributed by atoms with Gasteiger partial charge in [0.25, 0.3) is 5.91 Å². The van der Waals surface area contributed by atoms with Crippen LogP contribution in [0.15, 0.2) is 77.2 Å². The maximum atomic E-state index is 12.3. The molecule has 0 bridgehead atoms. The highest BCUT2D eigenvalue weighted by Gasteiger charge is 2.10. The van der Waals surface area contributed by atoms with Crippen LogP contribution >= 0.6 is 0 Å². The number of aromatic nitrogens is 1. The van der Waals surface area contributed by atoms with Crippen molar-refractivity contribution in [3.8, 4) is 11.5 Å². The number of rotatable bonds is 3. The summed E-state index contributed by atoms with van der Waals surface area (Å²) in [5.41, 5.74) is 4.84. The minimum absolute atomic E-state index is 0.147. The molecule has 0 radical (unpaired) electrons. The Labute approximate surface area is 145 Å². The lowest BCUT2D eigenvalue weighted by Crippen LogP contribution is -2.11. The van der Waals surface area contributed by atoms with Crippen LogP contribution in [0.5, 0.6) is 0 Å². The van der Waals surface area contributed by atoms with Gasteiger partial charge in [0.15, 0.2) is 5.58 Å². The zero-order valence-corrected chi connectivity index (χ0v) is 13.7. The number of nitrogens with one attached hydrogen (secondary N) is 1. The second-order valence-electron chi connectivity index (χ2n) is 5.89. The largest absolute Gasteiger partial charge is 0.436 e. The van der Waals surface area contributed by atoms with E-state index in [0.29, 0.717) is 17.1 Å². The Morgan fingerprint density at radius 1 is 0.960 bits per heavy atom. The van der Waals surface area contributed by atoms with Crippen LogP contribution in [0.25, 0.3) is 22.6 Å². The number of benzene rings is 3. The molecule has 1 amide bonds. The summed E-state index contributed by atoms with van der Waals surface area (Å²) < 4.78 is 5.86. The summed E-state index contributed by atoms with van der Waals surface area (Å²) >= 11 is 0. The first-order valence-corrected chi connectivity index (χ1v) is 8.03. The molecule has 0 atom stereocenters. The highest BCUT2D eigenvalue weighted by molar-refractivity contribution is 6.04. The van der Waals surface area contributed by atoms with Gasteiger partial charge in [-0.3, -0.25) is 4.79 Å². The molecule has 122 valence electrons. The molecule has 0 aliphatic rings. The Morgan fingerprint density at radius 2 is 1.80 bits per heavy atom. The van der Waals surface area contributed by atoms with Crippen molar-refractivity contribution in [1.29, 1.82) is 0 Å². The second kappa shape index (κ2) is 6.24. The monoisotopic (exact) mass is 328 g/mol. The molecule has 4 aromatic rings. The topological polar surface area (TPSA) is 55.1 Å². The van der Waals surface area contributed by atoms with Crippen molar-refractivity contribution >= 4 is 22.7 Å². The smallest absolute Gasteiger partial charge is 0.255 e. The number of anilines is 1. The predicted octanol–water partition coefficient (Wildman–Crippen LogP) is 5.06. The molecule has 0 saturated heterocycles. The van der Waals surface area contributed by atoms with E-state index in [0.717, 1.165) is 22.2 Å². The van der Waals surface area contributed by atoms with E-state index in [1.54, 1.807) is 12.1 Å². The van der Waals surface area contributed by atoms with E-state index in [2.05, 4.69) is 10.3 Å². The van der Waals surface area contributed by atoms with Gasteiger partial charge in [-0.2, -0.15) is 0 Å². The van der Waals surface area contributed by atoms with E-state index < -0.39 is 0 Å². The van der Waals surface area contributed by atoms with Crippen molar-refractivity contribution in [3.63, 3.8) is 0 Å². The van der Waals surface area contributed by atoms with Gasteiger partial charge < -0.3 is 9.73 Å². The minimum atomic E-state index is -0.147. The third kappa shape index (κ3) is 3.15. The van der Waals surface area contributed by atoms with Gasteiger partial charge in [-0.25, -0.2) is 4.98 Å². The molecule has 4 rings (SSSR count). The zero-order chi connectivity index (χ0) is 17.2. The van der Waals surface area contributed by atoms with E-state index in [9.17, 15) is 4.79 Å². The summed E-state index contributed by atoms with van der Waals surface area (Å²) in [5.74, 6) is 0.391. The van der Waals surface area contributed by atoms with E-state index in [4.69, 9.17) is 4.42 Å². The molecular formula is C21H16N2O2. The Balaban J connectivity index is 1.63. The average molecular weight is 328 g/mol. The van der Waals surface area contributed by atoms with Crippen molar-refractivity contribution in [2.24, 2.45) is 0 Å². The third-order valence-electron chi connectivity index (χ3n) is 3.95. The van der Waals surface area contributed by atoms with Crippen molar-refractivity contribution in [1.82, 2.24) is 4.98 Å². The van der Waals surface area contributed by atoms with Crippen molar-refractivity contribution in [2.75, 3.05) is 5.32 Å². The summed E-state index contributed by atoms with van der Waals surface area (Å²) in [5, 5.41) is 2.90. The molecule has 0 aliphatic heterocycles. The van der Waals surface area contributed by atoms with Gasteiger partial charge in [-0.05, 0) is 55.0 Å². The molecule has 3 aromatic carbocycles. The number of hydrogen-bond acceptors (Lipinski definition) is 3. The molecule has 4 heteroatoms. The lowest BCUT2D eigenvalue weighted by Gasteiger charge is -2.06. The number of fused-ring (bicyclic) bond motifs is 1. The van der Waals surface area contributed by atoms with E-state index in [1.807, 2.05) is 67.6 Å². The van der Waals surface area contributed by atoms with Crippen molar-refractivity contribution in [3.05, 3.63) is 83.9 Å². The molecule has 1 heterocycles. The summed E-state index contributed by atoms with van der Waals surface area (Å²) in [4.78, 5) is 16.8. The minimum Gasteiger partial charge on any atom is -0.436 e. The van der Waals surface area contributed by atoms with Crippen LogP contribution in [-0.2, 0) is 0 Å². The quantitative estimate of drug-likeness (QED) is 0.572. The first-order chi connectivity index (χ1) is 12.2. The molecule has 0 spiro atoms. The fraction of sp³-hybridized carbons (Fsp3) is 0.0476. The van der Waals surface area contributed by atoms with Crippen LogP contribution in [0.2, 0.25) is 0 Å². The normalized spacial score (nSPS) is 10.8. The maximum Gasteiger partial charge on any atom is 0.255 e. The van der Waals surface area contributed by atoms with Gasteiger partial charge in [0.1, 0.15) is 5.52 Å². The SMILES string of the molecule is Cc1ccc2nc(-c3cccc(NC(=O)c4ccccc4)c3)oc2c1. The number of hydrogen-bond donors (Lipinski definition) is 1. The first kappa shape index (κ1) is 15.1. The molecular weight excluding hydrogens is 312 g/mol. The van der Waals surface area contributed by atoms with Crippen LogP contribution < -0.4 is 5.32 Å². The molecule has 0 aliphatic carbocycles. The summed E-state index contributed by atoms with van der Waals surface area (Å²) in [6.45, 7) is 2.02. The van der Waals surface area contributed by atoms with E-state index in [1.165, 1.54) is 0 Å². The lowest BCUT2D eigenvalue weighted by atomic mass is 10.1. The maximum absolute atomic E-state index is 12.3. The van der Waals surface area contributed by atoms with Gasteiger partial charge in [0.05, 0.1) is 0 Å². The lowest BCUT2D eigenvalue weighted by molar-refractivity contribution is 0.102. The highest BCUT2D eigenvalue weighted by atomic mass is 16.3. The van der Waals surface area contributed by atoms with Crippen molar-refractivity contribution in [2.45, 2.75) is 6.92 Å². The predicted molar refractivity (Wildman–Crippen MR) is 98.6 cm³/mol. The number of oxazole rings is 1. The summed E-state index contributed by atoms with van der Waals surface area (Å²) in [7, 11) is 0. The van der Waals surface area contributed by atoms with Gasteiger partial charge in [0.2, 0.25) is 5.89 Å². The van der Waals surface area contributed by atoms with Crippen LogP contribution in [0.4, 0.5) is 5.69 Å². The molecule has 1 aromatic heterocycles. The van der Waals surface area contributed by atoms with Crippen molar-refractivity contribution < 1.29 is 9.21 Å². The first-order valence-electron chi connectivity index (χ1n) is 8.03. The molecule has 1 N–H and O–H groups in total. The Hall–Kier alpha value is -3.40. The van der Waals surface area contributed by atoms with Gasteiger partial charge in [0, 0.05) is 16.8 Å². The number of carbonyl (C=O) groups is 1. The van der Waals surface area contributed by atoms with Gasteiger partial charge >= 0.3 is 0 Å². The standard InChI is InChI=1S/C21H16N2O2/c1-14-10-11-18-19(12-14)25-21(23-18)16-8-5-9-17(13-16)22-20(24)15-6-3-2-4-7-15/h2-13H,1H3,(H,22,24). The van der Waals surface area contributed by atoms with Crippen LogP contribution in [0.3, 0.4) is 0 Å².